The Morgan fingerprint density at radius 2 is 1.86 bits per heavy atom. The molecule has 0 radical (unpaired) electrons. The zero-order valence-electron chi connectivity index (χ0n) is 12.3. The van der Waals surface area contributed by atoms with Gasteiger partial charge in [-0.2, -0.15) is 14.8 Å². The summed E-state index contributed by atoms with van der Waals surface area (Å²) in [6.45, 7) is 3.21. The maximum absolute atomic E-state index is 12.6. The molecule has 0 amide bonds. The van der Waals surface area contributed by atoms with Crippen molar-refractivity contribution >= 4 is 15.8 Å². The van der Waals surface area contributed by atoms with Crippen LogP contribution in [-0.2, 0) is 14.8 Å². The highest BCUT2D eigenvalue weighted by Gasteiger charge is 2.65. The Morgan fingerprint density at radius 1 is 1.29 bits per heavy atom. The van der Waals surface area contributed by atoms with Crippen LogP contribution in [0.5, 0.6) is 0 Å². The van der Waals surface area contributed by atoms with Gasteiger partial charge in [-0.05, 0) is 24.2 Å². The Labute approximate surface area is 125 Å². The second-order valence-electron chi connectivity index (χ2n) is 6.51. The largest absolute Gasteiger partial charge is 0.299 e. The summed E-state index contributed by atoms with van der Waals surface area (Å²) in [5.41, 5.74) is -1.21. The number of carbonyl (C=O) groups excluding carboxylic acids is 1. The Hall–Kier alpha value is -1.44. The van der Waals surface area contributed by atoms with E-state index in [0.717, 1.165) is 10.7 Å². The number of carbonyl (C=O) groups is 1. The van der Waals surface area contributed by atoms with Gasteiger partial charge in [-0.1, -0.05) is 13.8 Å². The molecule has 0 spiro atoms. The number of Topliss-reactive ketones (excluding diaryl/α,β-unsaturated/α-hetero) is 1. The predicted molar refractivity (Wildman–Crippen MR) is 75.1 cm³/mol. The van der Waals surface area contributed by atoms with Crippen LogP contribution in [0, 0.1) is 39.4 Å². The smallest absolute Gasteiger partial charge is 0.217 e. The lowest BCUT2D eigenvalue weighted by Gasteiger charge is -2.37. The molecule has 0 heterocycles. The van der Waals surface area contributed by atoms with Crippen LogP contribution in [0.4, 0.5) is 0 Å². The van der Waals surface area contributed by atoms with Gasteiger partial charge in [0.15, 0.2) is 0 Å². The standard InChI is InChI=1S/C14H19N3O3S/c1-13(2)11-3-4-14(13,12(18)9-11)10-21(19,20)17(7-5-15)8-6-16/h11H,3-4,7-10H2,1-2H3/t11-,14+/m0/s1. The first-order chi connectivity index (χ1) is 9.71. The van der Waals surface area contributed by atoms with Gasteiger partial charge in [0.2, 0.25) is 10.0 Å². The number of ketones is 1. The number of hydrogen-bond donors (Lipinski definition) is 0. The molecule has 0 saturated heterocycles. The van der Waals surface area contributed by atoms with Crippen LogP contribution in [0.15, 0.2) is 0 Å². The Balaban J connectivity index is 2.34. The summed E-state index contributed by atoms with van der Waals surface area (Å²) in [4.78, 5) is 12.4. The monoisotopic (exact) mass is 309 g/mol. The minimum atomic E-state index is -3.81. The van der Waals surface area contributed by atoms with E-state index >= 15 is 0 Å². The third kappa shape index (κ3) is 2.25. The van der Waals surface area contributed by atoms with Crippen LogP contribution in [0.25, 0.3) is 0 Å². The van der Waals surface area contributed by atoms with E-state index in [9.17, 15) is 13.2 Å². The van der Waals surface area contributed by atoms with E-state index in [4.69, 9.17) is 10.5 Å². The van der Waals surface area contributed by atoms with Crippen molar-refractivity contribution in [2.24, 2.45) is 16.7 Å². The predicted octanol–water partition coefficient (Wildman–Crippen LogP) is 1.06. The lowest BCUT2D eigenvalue weighted by Crippen LogP contribution is -2.46. The normalized spacial score (nSPS) is 30.3. The Bertz CT molecular complexity index is 625. The van der Waals surface area contributed by atoms with Crippen LogP contribution < -0.4 is 0 Å². The van der Waals surface area contributed by atoms with Crippen molar-refractivity contribution in [1.82, 2.24) is 4.31 Å². The maximum Gasteiger partial charge on any atom is 0.217 e. The SMILES string of the molecule is CC1(C)[C@H]2CC[C@@]1(CS(=O)(=O)N(CC#N)CC#N)C(=O)C2. The van der Waals surface area contributed by atoms with Crippen molar-refractivity contribution in [1.29, 1.82) is 10.5 Å². The summed E-state index contributed by atoms with van der Waals surface area (Å²) < 4.78 is 26.0. The van der Waals surface area contributed by atoms with Crippen molar-refractivity contribution in [3.05, 3.63) is 0 Å². The fourth-order valence-electron chi connectivity index (χ4n) is 3.92. The molecule has 6 nitrogen and oxygen atoms in total. The molecule has 7 heteroatoms. The third-order valence-corrected chi connectivity index (χ3v) is 7.36. The zero-order chi connectivity index (χ0) is 15.9. The van der Waals surface area contributed by atoms with Gasteiger partial charge >= 0.3 is 0 Å². The van der Waals surface area contributed by atoms with Gasteiger partial charge < -0.3 is 0 Å². The average Bonchev–Trinajstić information content (AvgIpc) is 2.72. The number of fused-ring (bicyclic) bond motifs is 2. The third-order valence-electron chi connectivity index (χ3n) is 5.46. The number of nitrogens with zero attached hydrogens (tertiary/aromatic N) is 3. The molecule has 0 aromatic rings. The van der Waals surface area contributed by atoms with Gasteiger partial charge in [-0.25, -0.2) is 8.42 Å². The number of hydrogen-bond acceptors (Lipinski definition) is 5. The first-order valence-corrected chi connectivity index (χ1v) is 8.57. The van der Waals surface area contributed by atoms with E-state index in [1.165, 1.54) is 0 Å². The first-order valence-electron chi connectivity index (χ1n) is 6.96. The number of nitriles is 2. The molecule has 21 heavy (non-hydrogen) atoms. The molecule has 0 unspecified atom stereocenters. The van der Waals surface area contributed by atoms with Crippen LogP contribution in [0.3, 0.4) is 0 Å². The van der Waals surface area contributed by atoms with Gasteiger partial charge in [-0.15, -0.1) is 0 Å². The molecule has 2 fully saturated rings. The van der Waals surface area contributed by atoms with E-state index in [2.05, 4.69) is 0 Å². The highest BCUT2D eigenvalue weighted by atomic mass is 32.2. The molecular formula is C14H19N3O3S. The number of sulfonamides is 1. The lowest BCUT2D eigenvalue weighted by molar-refractivity contribution is -0.128. The summed E-state index contributed by atoms with van der Waals surface area (Å²) in [7, 11) is -3.81. The van der Waals surface area contributed by atoms with Crippen molar-refractivity contribution in [3.8, 4) is 12.1 Å². The molecule has 0 aliphatic heterocycles. The summed E-state index contributed by atoms with van der Waals surface area (Å²) >= 11 is 0. The second-order valence-corrected chi connectivity index (χ2v) is 8.48. The lowest BCUT2D eigenvalue weighted by atomic mass is 9.70. The van der Waals surface area contributed by atoms with E-state index in [-0.39, 0.29) is 36.0 Å². The molecular weight excluding hydrogens is 290 g/mol. The fourth-order valence-corrected chi connectivity index (χ4v) is 5.91. The van der Waals surface area contributed by atoms with E-state index < -0.39 is 15.4 Å². The molecule has 114 valence electrons. The summed E-state index contributed by atoms with van der Waals surface area (Å²) in [6.07, 6.45) is 1.89. The van der Waals surface area contributed by atoms with Gasteiger partial charge in [0.05, 0.1) is 17.9 Å². The Morgan fingerprint density at radius 3 is 2.24 bits per heavy atom. The quantitative estimate of drug-likeness (QED) is 0.707. The van der Waals surface area contributed by atoms with E-state index in [1.54, 1.807) is 12.1 Å². The molecule has 2 saturated carbocycles. The molecule has 2 aliphatic rings. The highest BCUT2D eigenvalue weighted by molar-refractivity contribution is 7.89. The van der Waals surface area contributed by atoms with E-state index in [1.807, 2.05) is 13.8 Å². The van der Waals surface area contributed by atoms with Gasteiger partial charge in [0, 0.05) is 11.8 Å². The summed E-state index contributed by atoms with van der Waals surface area (Å²) in [5.74, 6) is -0.0344. The summed E-state index contributed by atoms with van der Waals surface area (Å²) in [6, 6.07) is 3.53. The molecule has 0 N–H and O–H groups in total. The summed E-state index contributed by atoms with van der Waals surface area (Å²) in [5, 5.41) is 17.5. The molecule has 2 atom stereocenters. The first kappa shape index (κ1) is 15.9. The van der Waals surface area contributed by atoms with Gasteiger partial charge in [-0.3, -0.25) is 4.79 Å². The Kier molecular flexibility index (Phi) is 3.86. The highest BCUT2D eigenvalue weighted by Crippen LogP contribution is 2.64. The minimum Gasteiger partial charge on any atom is -0.299 e. The van der Waals surface area contributed by atoms with Crippen LogP contribution in [-0.4, -0.2) is 37.3 Å². The average molecular weight is 309 g/mol. The minimum absolute atomic E-state index is 0.0150. The van der Waals surface area contributed by atoms with Crippen LogP contribution in [0.1, 0.15) is 33.1 Å². The van der Waals surface area contributed by atoms with Gasteiger partial charge in [0.25, 0.3) is 0 Å². The van der Waals surface area contributed by atoms with Crippen LogP contribution >= 0.6 is 0 Å². The van der Waals surface area contributed by atoms with Gasteiger partial charge in [0.1, 0.15) is 18.9 Å². The van der Waals surface area contributed by atoms with Crippen LogP contribution in [0.2, 0.25) is 0 Å². The zero-order valence-corrected chi connectivity index (χ0v) is 13.1. The molecule has 0 aromatic heterocycles. The fraction of sp³-hybridized carbons (Fsp3) is 0.786. The topological polar surface area (TPSA) is 102 Å². The molecule has 0 aromatic carbocycles. The van der Waals surface area contributed by atoms with Crippen molar-refractivity contribution in [2.75, 3.05) is 18.8 Å². The second kappa shape index (κ2) is 5.08. The van der Waals surface area contributed by atoms with Crippen molar-refractivity contribution in [2.45, 2.75) is 33.1 Å². The molecule has 2 aliphatic carbocycles. The maximum atomic E-state index is 12.6. The molecule has 2 bridgehead atoms. The number of rotatable bonds is 5. The molecule has 2 rings (SSSR count). The van der Waals surface area contributed by atoms with E-state index in [0.29, 0.717) is 12.8 Å². The van der Waals surface area contributed by atoms with Crippen molar-refractivity contribution in [3.63, 3.8) is 0 Å². The van der Waals surface area contributed by atoms with Crippen molar-refractivity contribution < 1.29 is 13.2 Å².